The molecule has 0 aliphatic heterocycles. The van der Waals surface area contributed by atoms with Gasteiger partial charge in [0.2, 0.25) is 0 Å². The van der Waals surface area contributed by atoms with Gasteiger partial charge < -0.3 is 36.4 Å². The molecule has 17 aromatic carbocycles. The fourth-order valence-corrected chi connectivity index (χ4v) is 18.6. The summed E-state index contributed by atoms with van der Waals surface area (Å²) in [6.45, 7) is 0. The molecular weight excluding hydrogens is 1340 g/mol. The molecule has 0 unspecified atom stereocenters. The molecule has 0 atom stereocenters. The van der Waals surface area contributed by atoms with Crippen molar-refractivity contribution in [1.29, 1.82) is 0 Å². The molecule has 24 aromatic rings. The Bertz CT molecular complexity index is 7810. The lowest BCUT2D eigenvalue weighted by molar-refractivity contribution is 0.654. The first-order valence-electron chi connectivity index (χ1n) is 37.6. The minimum atomic E-state index is 0.723. The Labute approximate surface area is 628 Å². The van der Waals surface area contributed by atoms with Crippen LogP contribution in [0.5, 0.6) is 0 Å². The lowest BCUT2D eigenvalue weighted by atomic mass is 9.94. The van der Waals surface area contributed by atoms with Gasteiger partial charge in [-0.05, 0) is 203 Å². The molecule has 0 saturated heterocycles. The van der Waals surface area contributed by atoms with Crippen LogP contribution in [0.15, 0.2) is 381 Å². The van der Waals surface area contributed by atoms with Crippen LogP contribution in [0.25, 0.3) is 215 Å². The molecule has 7 heterocycles. The molecule has 0 aliphatic rings. The molecular formula is C101H62N8O. The fraction of sp³-hybridized carbons (Fsp3) is 0. The Kier molecular flexibility index (Phi) is 12.8. The SMILES string of the molecule is c1ccc(-n2c3ccccc3oc3cc4c(cc32)c2cc(-n3c5ccccc5c5cc(-n6c7ccccc7c7ccccc76)ccc53)ccc2c2cc3c(cc2c2cc(-n5c6ccccc6c6cc(-n7c8ccccc8c8ccccc87)ccc65)cnc24)n(-c2ccccc2)c2ccccc2n3-c2ccccc2)cc1. The summed E-state index contributed by atoms with van der Waals surface area (Å²) in [5, 5.41) is 16.7. The van der Waals surface area contributed by atoms with Crippen molar-refractivity contribution >= 4 is 175 Å². The molecule has 9 heteroatoms. The van der Waals surface area contributed by atoms with Gasteiger partial charge in [-0.2, -0.15) is 0 Å². The highest BCUT2D eigenvalue weighted by Crippen LogP contribution is 2.46. The summed E-state index contributed by atoms with van der Waals surface area (Å²) in [6.07, 6.45) is 2.10. The Balaban J connectivity index is 0.865. The quantitative estimate of drug-likeness (QED) is 0.149. The maximum absolute atomic E-state index is 7.30. The van der Waals surface area contributed by atoms with Gasteiger partial charge >= 0.3 is 0 Å². The fourth-order valence-electron chi connectivity index (χ4n) is 18.6. The van der Waals surface area contributed by atoms with E-state index in [1.54, 1.807) is 0 Å². The molecule has 0 fully saturated rings. The van der Waals surface area contributed by atoms with E-state index in [9.17, 15) is 0 Å². The highest BCUT2D eigenvalue weighted by Gasteiger charge is 2.25. The minimum absolute atomic E-state index is 0.723. The van der Waals surface area contributed by atoms with E-state index in [0.717, 1.165) is 166 Å². The monoisotopic (exact) mass is 1400 g/mol. The maximum atomic E-state index is 7.30. The molecule has 7 aromatic heterocycles. The minimum Gasteiger partial charge on any atom is -0.453 e. The molecule has 24 rings (SSSR count). The summed E-state index contributed by atoms with van der Waals surface area (Å²) in [5.41, 5.74) is 24.7. The van der Waals surface area contributed by atoms with Crippen molar-refractivity contribution in [2.24, 2.45) is 0 Å². The zero-order chi connectivity index (χ0) is 71.8. The number of rotatable bonds is 7. The Morgan fingerprint density at radius 2 is 0.445 bits per heavy atom. The van der Waals surface area contributed by atoms with Crippen LogP contribution in [-0.2, 0) is 0 Å². The topological polar surface area (TPSA) is 60.5 Å². The number of para-hydroxylation sites is 13. The van der Waals surface area contributed by atoms with Crippen LogP contribution in [0.2, 0.25) is 0 Å². The van der Waals surface area contributed by atoms with E-state index in [1.165, 1.54) is 49.0 Å². The second-order valence-electron chi connectivity index (χ2n) is 29.0. The van der Waals surface area contributed by atoms with Gasteiger partial charge in [0, 0.05) is 88.0 Å². The van der Waals surface area contributed by atoms with Crippen molar-refractivity contribution in [1.82, 2.24) is 37.0 Å². The number of nitrogens with zero attached hydrogens (tertiary/aromatic N) is 8. The van der Waals surface area contributed by atoms with E-state index in [-0.39, 0.29) is 0 Å². The summed E-state index contributed by atoms with van der Waals surface area (Å²) < 4.78 is 24.3. The summed E-state index contributed by atoms with van der Waals surface area (Å²) in [4.78, 5) is 5.98. The number of hydrogen-bond acceptors (Lipinski definition) is 2. The lowest BCUT2D eigenvalue weighted by Gasteiger charge is -2.23. The first-order chi connectivity index (χ1) is 54.6. The van der Waals surface area contributed by atoms with E-state index < -0.39 is 0 Å². The van der Waals surface area contributed by atoms with E-state index in [2.05, 4.69) is 408 Å². The second-order valence-corrected chi connectivity index (χ2v) is 29.0. The van der Waals surface area contributed by atoms with Gasteiger partial charge in [0.25, 0.3) is 0 Å². The zero-order valence-corrected chi connectivity index (χ0v) is 59.3. The van der Waals surface area contributed by atoms with Gasteiger partial charge in [0.15, 0.2) is 11.2 Å². The van der Waals surface area contributed by atoms with Crippen LogP contribution < -0.4 is 0 Å². The van der Waals surface area contributed by atoms with E-state index in [4.69, 9.17) is 9.40 Å². The number of pyridine rings is 1. The first kappa shape index (κ1) is 60.3. The van der Waals surface area contributed by atoms with Crippen LogP contribution in [0.1, 0.15) is 0 Å². The number of benzene rings is 16. The third-order valence-corrected chi connectivity index (χ3v) is 23.2. The molecule has 0 saturated carbocycles. The molecule has 9 nitrogen and oxygen atoms in total. The molecule has 0 N–H and O–H groups in total. The lowest BCUT2D eigenvalue weighted by Crippen LogP contribution is -2.08. The normalized spacial score (nSPS) is 12.2. The van der Waals surface area contributed by atoms with Crippen molar-refractivity contribution in [2.75, 3.05) is 0 Å². The largest absolute Gasteiger partial charge is 0.453 e. The smallest absolute Gasteiger partial charge is 0.152 e. The average Bonchev–Trinajstić information content (AvgIpc) is 0.849. The molecule has 0 aliphatic carbocycles. The Morgan fingerprint density at radius 3 is 0.891 bits per heavy atom. The van der Waals surface area contributed by atoms with Crippen molar-refractivity contribution < 1.29 is 4.42 Å². The third kappa shape index (κ3) is 8.70. The molecule has 0 bridgehead atoms. The van der Waals surface area contributed by atoms with Gasteiger partial charge in [0.1, 0.15) is 0 Å². The van der Waals surface area contributed by atoms with Gasteiger partial charge in [0.05, 0.1) is 94.6 Å². The van der Waals surface area contributed by atoms with Crippen molar-refractivity contribution in [3.8, 4) is 39.8 Å². The van der Waals surface area contributed by atoms with E-state index in [1.807, 2.05) is 0 Å². The predicted molar refractivity (Wildman–Crippen MR) is 458 cm³/mol. The van der Waals surface area contributed by atoms with Gasteiger partial charge in [-0.15, -0.1) is 0 Å². The van der Waals surface area contributed by atoms with Crippen LogP contribution in [0, 0.1) is 0 Å². The summed E-state index contributed by atoms with van der Waals surface area (Å²) >= 11 is 0. The summed E-state index contributed by atoms with van der Waals surface area (Å²) in [5.74, 6) is 0. The Hall–Kier alpha value is -14.9. The number of aromatic nitrogens is 8. The summed E-state index contributed by atoms with van der Waals surface area (Å²) in [7, 11) is 0. The van der Waals surface area contributed by atoms with E-state index >= 15 is 0 Å². The molecule has 0 amide bonds. The maximum Gasteiger partial charge on any atom is 0.152 e. The van der Waals surface area contributed by atoms with Crippen LogP contribution in [-0.4, -0.2) is 37.0 Å². The standard InChI is InChI=1S/C101H62N8O/c1-4-26-63(27-5-1)103-93-44-22-23-45-94(93)104(64-28-6-2-7-29-64)97-59-79-78(58-96(97)103)70-51-48-66(108-89-42-20-14-36-75(89)81-55-67(49-52-91(81)108)106-85-38-16-10-32-71(85)72-33-11-17-39-86(72)106)54-77(70)80-60-98-100(110-99-47-25-24-46-95(99)105(98)65-30-8-3-9-31-65)61-84(80)101-83(79)57-69(62-102-101)109-90-43-21-15-37-76(90)82-56-68(50-53-92(82)109)107-87-40-18-12-34-73(87)74-35-13-19-41-88(74)107/h1-62H. The predicted octanol–water partition coefficient (Wildman–Crippen LogP) is 26.3. The zero-order valence-electron chi connectivity index (χ0n) is 59.3. The van der Waals surface area contributed by atoms with Crippen molar-refractivity contribution in [2.45, 2.75) is 0 Å². The molecule has 0 spiro atoms. The van der Waals surface area contributed by atoms with Gasteiger partial charge in [-0.1, -0.05) is 194 Å². The van der Waals surface area contributed by atoms with Crippen molar-refractivity contribution in [3.05, 3.63) is 376 Å². The van der Waals surface area contributed by atoms with Crippen LogP contribution in [0.3, 0.4) is 0 Å². The van der Waals surface area contributed by atoms with Gasteiger partial charge in [-0.3, -0.25) is 4.98 Å². The van der Waals surface area contributed by atoms with Crippen molar-refractivity contribution in [3.63, 3.8) is 0 Å². The first-order valence-corrected chi connectivity index (χ1v) is 37.6. The van der Waals surface area contributed by atoms with Crippen LogP contribution in [0.4, 0.5) is 0 Å². The highest BCUT2D eigenvalue weighted by molar-refractivity contribution is 6.29. The number of fused-ring (bicyclic) bond motifs is 24. The molecule has 0 radical (unpaired) electrons. The number of hydrogen-bond donors (Lipinski definition) is 0. The highest BCUT2D eigenvalue weighted by atomic mass is 16.3. The Morgan fingerprint density at radius 1 is 0.155 bits per heavy atom. The molecule has 110 heavy (non-hydrogen) atoms. The molecule has 512 valence electrons. The second kappa shape index (κ2) is 23.3. The average molecular weight is 1400 g/mol. The third-order valence-electron chi connectivity index (χ3n) is 23.2. The van der Waals surface area contributed by atoms with Crippen LogP contribution >= 0.6 is 0 Å². The van der Waals surface area contributed by atoms with E-state index in [0.29, 0.717) is 0 Å². The summed E-state index contributed by atoms with van der Waals surface area (Å²) in [6, 6.07) is 136. The van der Waals surface area contributed by atoms with Gasteiger partial charge in [-0.25, -0.2) is 0 Å².